The number of aryl methyl sites for hydroxylation is 1. The summed E-state index contributed by atoms with van der Waals surface area (Å²) in [5.41, 5.74) is 3.41. The molecule has 1 saturated heterocycles. The molecule has 1 aliphatic heterocycles. The lowest BCUT2D eigenvalue weighted by Crippen LogP contribution is -2.41. The van der Waals surface area contributed by atoms with Gasteiger partial charge in [0.25, 0.3) is 0 Å². The van der Waals surface area contributed by atoms with Crippen LogP contribution in [0.4, 0.5) is 5.82 Å². The Labute approximate surface area is 192 Å². The molecule has 2 unspecified atom stereocenters. The van der Waals surface area contributed by atoms with Crippen molar-refractivity contribution < 1.29 is 9.47 Å². The number of pyridine rings is 1. The van der Waals surface area contributed by atoms with E-state index < -0.39 is 0 Å². The number of aliphatic imine (C=N–C) groups is 1. The van der Waals surface area contributed by atoms with Gasteiger partial charge >= 0.3 is 0 Å². The smallest absolute Gasteiger partial charge is 0.191 e. The molecular formula is C25H37N5O2. The van der Waals surface area contributed by atoms with Gasteiger partial charge in [-0.05, 0) is 50.5 Å². The SMILES string of the molecule is CCC(C)Oc1cc(C)ccc1CNC(=NC)NCc1ccc(N2CCOC(C)C2)nc1. The molecule has 1 aliphatic rings. The molecule has 1 aromatic heterocycles. The number of ether oxygens (including phenoxy) is 2. The van der Waals surface area contributed by atoms with Crippen molar-refractivity contribution in [3.63, 3.8) is 0 Å². The Morgan fingerprint density at radius 1 is 1.28 bits per heavy atom. The van der Waals surface area contributed by atoms with E-state index in [-0.39, 0.29) is 12.2 Å². The number of nitrogens with zero attached hydrogens (tertiary/aromatic N) is 3. The zero-order valence-corrected chi connectivity index (χ0v) is 20.0. The van der Waals surface area contributed by atoms with Crippen LogP contribution in [-0.2, 0) is 17.8 Å². The first kappa shape index (κ1) is 23.9. The number of guanidine groups is 1. The van der Waals surface area contributed by atoms with Gasteiger partial charge in [0, 0.05) is 45.0 Å². The van der Waals surface area contributed by atoms with Gasteiger partial charge in [0.05, 0.1) is 18.8 Å². The number of benzene rings is 1. The van der Waals surface area contributed by atoms with E-state index in [1.807, 2.05) is 6.20 Å². The van der Waals surface area contributed by atoms with Crippen LogP contribution in [0.3, 0.4) is 0 Å². The molecule has 1 fully saturated rings. The Balaban J connectivity index is 1.53. The first-order valence-electron chi connectivity index (χ1n) is 11.5. The van der Waals surface area contributed by atoms with Gasteiger partial charge in [-0.2, -0.15) is 0 Å². The molecule has 1 aromatic carbocycles. The fourth-order valence-electron chi connectivity index (χ4n) is 3.54. The molecule has 2 heterocycles. The van der Waals surface area contributed by atoms with Crippen LogP contribution in [0, 0.1) is 6.92 Å². The van der Waals surface area contributed by atoms with Gasteiger partial charge in [-0.3, -0.25) is 4.99 Å². The van der Waals surface area contributed by atoms with Crippen LogP contribution in [0.25, 0.3) is 0 Å². The highest BCUT2D eigenvalue weighted by Crippen LogP contribution is 2.22. The van der Waals surface area contributed by atoms with Crippen molar-refractivity contribution in [2.24, 2.45) is 4.99 Å². The topological polar surface area (TPSA) is 71.0 Å². The normalized spacial score (nSPS) is 17.7. The maximum Gasteiger partial charge on any atom is 0.191 e. The lowest BCUT2D eigenvalue weighted by molar-refractivity contribution is 0.0529. The number of nitrogens with one attached hydrogen (secondary N) is 2. The van der Waals surface area contributed by atoms with Gasteiger partial charge in [0.15, 0.2) is 5.96 Å². The molecule has 0 spiro atoms. The molecule has 2 N–H and O–H groups in total. The maximum atomic E-state index is 6.12. The largest absolute Gasteiger partial charge is 0.490 e. The summed E-state index contributed by atoms with van der Waals surface area (Å²) in [6, 6.07) is 10.5. The molecule has 174 valence electrons. The maximum absolute atomic E-state index is 6.12. The highest BCUT2D eigenvalue weighted by molar-refractivity contribution is 5.79. The fraction of sp³-hybridized carbons (Fsp3) is 0.520. The summed E-state index contributed by atoms with van der Waals surface area (Å²) in [7, 11) is 1.78. The zero-order chi connectivity index (χ0) is 22.9. The Morgan fingerprint density at radius 2 is 2.09 bits per heavy atom. The van der Waals surface area contributed by atoms with Crippen LogP contribution >= 0.6 is 0 Å². The third-order valence-corrected chi connectivity index (χ3v) is 5.63. The van der Waals surface area contributed by atoms with Crippen LogP contribution in [0.1, 0.15) is 43.9 Å². The van der Waals surface area contributed by atoms with E-state index in [1.165, 1.54) is 5.56 Å². The summed E-state index contributed by atoms with van der Waals surface area (Å²) in [5.74, 6) is 2.67. The summed E-state index contributed by atoms with van der Waals surface area (Å²) in [6.07, 6.45) is 3.32. The Morgan fingerprint density at radius 3 is 2.78 bits per heavy atom. The standard InChI is InChI=1S/C25H37N5O2/c1-6-19(3)32-23-13-18(2)7-9-22(23)16-29-25(26-5)28-15-21-8-10-24(27-14-21)30-11-12-31-20(4)17-30/h7-10,13-14,19-20H,6,11-12,15-17H2,1-5H3,(H2,26,28,29). The molecule has 0 amide bonds. The van der Waals surface area contributed by atoms with Crippen molar-refractivity contribution in [2.75, 3.05) is 31.6 Å². The van der Waals surface area contributed by atoms with Crippen molar-refractivity contribution in [1.82, 2.24) is 15.6 Å². The summed E-state index contributed by atoms with van der Waals surface area (Å²) in [4.78, 5) is 11.3. The summed E-state index contributed by atoms with van der Waals surface area (Å²) < 4.78 is 11.7. The molecule has 0 radical (unpaired) electrons. The number of aromatic nitrogens is 1. The molecule has 7 nitrogen and oxygen atoms in total. The minimum Gasteiger partial charge on any atom is -0.490 e. The van der Waals surface area contributed by atoms with Gasteiger partial charge in [-0.15, -0.1) is 0 Å². The zero-order valence-electron chi connectivity index (χ0n) is 20.0. The second-order valence-electron chi connectivity index (χ2n) is 8.38. The Kier molecular flexibility index (Phi) is 8.73. The fourth-order valence-corrected chi connectivity index (χ4v) is 3.54. The van der Waals surface area contributed by atoms with Crippen molar-refractivity contribution in [1.29, 1.82) is 0 Å². The lowest BCUT2D eigenvalue weighted by Gasteiger charge is -2.32. The molecular weight excluding hydrogens is 402 g/mol. The highest BCUT2D eigenvalue weighted by atomic mass is 16.5. The first-order valence-corrected chi connectivity index (χ1v) is 11.5. The van der Waals surface area contributed by atoms with Gasteiger partial charge < -0.3 is 25.0 Å². The monoisotopic (exact) mass is 439 g/mol. The number of hydrogen-bond donors (Lipinski definition) is 2. The van der Waals surface area contributed by atoms with Crippen LogP contribution in [0.15, 0.2) is 41.5 Å². The van der Waals surface area contributed by atoms with E-state index in [4.69, 9.17) is 9.47 Å². The van der Waals surface area contributed by atoms with Crippen LogP contribution in [0.2, 0.25) is 0 Å². The second-order valence-corrected chi connectivity index (χ2v) is 8.38. The number of hydrogen-bond acceptors (Lipinski definition) is 5. The summed E-state index contributed by atoms with van der Waals surface area (Å²) in [5, 5.41) is 6.76. The van der Waals surface area contributed by atoms with Gasteiger partial charge in [-0.1, -0.05) is 25.1 Å². The van der Waals surface area contributed by atoms with E-state index >= 15 is 0 Å². The first-order chi connectivity index (χ1) is 15.5. The summed E-state index contributed by atoms with van der Waals surface area (Å²) in [6.45, 7) is 12.2. The van der Waals surface area contributed by atoms with Crippen molar-refractivity contribution in [2.45, 2.75) is 59.4 Å². The average Bonchev–Trinajstić information content (AvgIpc) is 2.80. The van der Waals surface area contributed by atoms with Crippen molar-refractivity contribution in [3.8, 4) is 5.75 Å². The third-order valence-electron chi connectivity index (χ3n) is 5.63. The van der Waals surface area contributed by atoms with Gasteiger partial charge in [0.2, 0.25) is 0 Å². The third kappa shape index (κ3) is 6.85. The van der Waals surface area contributed by atoms with E-state index in [9.17, 15) is 0 Å². The second kappa shape index (κ2) is 11.7. The molecule has 3 rings (SSSR count). The van der Waals surface area contributed by atoms with Crippen LogP contribution in [0.5, 0.6) is 5.75 Å². The van der Waals surface area contributed by atoms with Gasteiger partial charge in [0.1, 0.15) is 11.6 Å². The minimum atomic E-state index is 0.184. The predicted octanol–water partition coefficient (Wildman–Crippen LogP) is 3.66. The van der Waals surface area contributed by atoms with Gasteiger partial charge in [-0.25, -0.2) is 4.98 Å². The average molecular weight is 440 g/mol. The molecule has 0 saturated carbocycles. The molecule has 32 heavy (non-hydrogen) atoms. The molecule has 7 heteroatoms. The molecule has 2 aromatic rings. The van der Waals surface area contributed by atoms with E-state index in [2.05, 4.69) is 83.5 Å². The minimum absolute atomic E-state index is 0.184. The molecule has 0 aliphatic carbocycles. The van der Waals surface area contributed by atoms with E-state index in [0.717, 1.165) is 54.8 Å². The van der Waals surface area contributed by atoms with E-state index in [0.29, 0.717) is 13.1 Å². The highest BCUT2D eigenvalue weighted by Gasteiger charge is 2.17. The number of morpholine rings is 1. The van der Waals surface area contributed by atoms with Crippen LogP contribution in [-0.4, -0.2) is 49.9 Å². The predicted molar refractivity (Wildman–Crippen MR) is 130 cm³/mol. The quantitative estimate of drug-likeness (QED) is 0.483. The van der Waals surface area contributed by atoms with E-state index in [1.54, 1.807) is 7.05 Å². The number of anilines is 1. The molecule has 2 atom stereocenters. The Bertz CT molecular complexity index is 884. The van der Waals surface area contributed by atoms with Crippen LogP contribution < -0.4 is 20.3 Å². The molecule has 0 bridgehead atoms. The van der Waals surface area contributed by atoms with Crippen molar-refractivity contribution in [3.05, 3.63) is 53.2 Å². The van der Waals surface area contributed by atoms with Crippen molar-refractivity contribution >= 4 is 11.8 Å². The number of rotatable bonds is 8. The lowest BCUT2D eigenvalue weighted by atomic mass is 10.1. The summed E-state index contributed by atoms with van der Waals surface area (Å²) >= 11 is 0. The Hall–Kier alpha value is -2.80.